The van der Waals surface area contributed by atoms with Gasteiger partial charge in [0.15, 0.2) is 0 Å². The van der Waals surface area contributed by atoms with E-state index in [1.807, 2.05) is 6.92 Å². The average molecular weight is 237 g/mol. The van der Waals surface area contributed by atoms with Gasteiger partial charge >= 0.3 is 0 Å². The molecule has 96 valence electrons. The first-order chi connectivity index (χ1) is 8.22. The van der Waals surface area contributed by atoms with E-state index in [9.17, 15) is 9.90 Å². The largest absolute Gasteiger partial charge is 0.393 e. The lowest BCUT2D eigenvalue weighted by atomic mass is 10.0. The highest BCUT2D eigenvalue weighted by Crippen LogP contribution is 2.69. The summed E-state index contributed by atoms with van der Waals surface area (Å²) in [6, 6.07) is 0. The van der Waals surface area contributed by atoms with Gasteiger partial charge in [-0.25, -0.2) is 0 Å². The number of aliphatic hydroxyl groups excluding tert-OH is 1. The van der Waals surface area contributed by atoms with Gasteiger partial charge in [0.1, 0.15) is 0 Å². The maximum Gasteiger partial charge on any atom is 0.223 e. The van der Waals surface area contributed by atoms with Crippen LogP contribution in [0.5, 0.6) is 0 Å². The van der Waals surface area contributed by atoms with E-state index >= 15 is 0 Å². The molecule has 3 fully saturated rings. The van der Waals surface area contributed by atoms with E-state index < -0.39 is 0 Å². The molecule has 3 nitrogen and oxygen atoms in total. The summed E-state index contributed by atoms with van der Waals surface area (Å²) in [5, 5.41) is 12.4. The van der Waals surface area contributed by atoms with E-state index in [0.717, 1.165) is 30.1 Å². The van der Waals surface area contributed by atoms with Crippen molar-refractivity contribution >= 4 is 5.91 Å². The van der Waals surface area contributed by atoms with Crippen LogP contribution in [0, 0.1) is 29.6 Å². The minimum absolute atomic E-state index is 0.259. The van der Waals surface area contributed by atoms with Crippen molar-refractivity contribution in [2.75, 3.05) is 6.54 Å². The number of amides is 1. The minimum Gasteiger partial charge on any atom is -0.393 e. The van der Waals surface area contributed by atoms with E-state index in [-0.39, 0.29) is 12.0 Å². The molecule has 3 aliphatic carbocycles. The maximum atomic E-state index is 12.0. The molecule has 3 aliphatic rings. The average Bonchev–Trinajstić information content (AvgIpc) is 2.78. The number of hydrogen-bond donors (Lipinski definition) is 2. The molecule has 0 heterocycles. The Bertz CT molecular complexity index is 301. The second kappa shape index (κ2) is 4.27. The van der Waals surface area contributed by atoms with E-state index in [0.29, 0.717) is 18.9 Å². The van der Waals surface area contributed by atoms with Crippen molar-refractivity contribution < 1.29 is 9.90 Å². The van der Waals surface area contributed by atoms with Crippen LogP contribution in [0.4, 0.5) is 0 Å². The fourth-order valence-corrected chi connectivity index (χ4v) is 4.36. The van der Waals surface area contributed by atoms with Gasteiger partial charge in [-0.3, -0.25) is 4.79 Å². The summed E-state index contributed by atoms with van der Waals surface area (Å²) in [6.45, 7) is 2.61. The van der Waals surface area contributed by atoms with Gasteiger partial charge in [-0.15, -0.1) is 0 Å². The van der Waals surface area contributed by atoms with Crippen molar-refractivity contribution in [1.29, 1.82) is 0 Å². The molecular formula is C14H23NO2. The van der Waals surface area contributed by atoms with E-state index in [4.69, 9.17) is 0 Å². The van der Waals surface area contributed by atoms with Crippen LogP contribution >= 0.6 is 0 Å². The van der Waals surface area contributed by atoms with Gasteiger partial charge in [-0.05, 0) is 55.8 Å². The molecule has 5 atom stereocenters. The summed E-state index contributed by atoms with van der Waals surface area (Å²) in [7, 11) is 0. The molecule has 3 saturated carbocycles. The van der Waals surface area contributed by atoms with Crippen LogP contribution in [-0.4, -0.2) is 23.7 Å². The summed E-state index contributed by atoms with van der Waals surface area (Å²) >= 11 is 0. The van der Waals surface area contributed by atoms with Crippen LogP contribution in [0.1, 0.15) is 39.0 Å². The zero-order valence-electron chi connectivity index (χ0n) is 10.6. The number of aliphatic hydroxyl groups is 1. The molecule has 5 unspecified atom stereocenters. The van der Waals surface area contributed by atoms with E-state index in [1.54, 1.807) is 0 Å². The van der Waals surface area contributed by atoms with Gasteiger partial charge in [-0.1, -0.05) is 6.92 Å². The third-order valence-corrected chi connectivity index (χ3v) is 5.29. The highest BCUT2D eigenvalue weighted by atomic mass is 16.3. The Morgan fingerprint density at radius 3 is 2.59 bits per heavy atom. The predicted molar refractivity (Wildman–Crippen MR) is 65.2 cm³/mol. The zero-order valence-corrected chi connectivity index (χ0v) is 10.6. The summed E-state index contributed by atoms with van der Waals surface area (Å²) < 4.78 is 0. The normalized spacial score (nSPS) is 43.3. The molecule has 0 aromatic rings. The zero-order chi connectivity index (χ0) is 12.0. The van der Waals surface area contributed by atoms with Crippen molar-refractivity contribution in [2.24, 2.45) is 29.6 Å². The number of carbonyl (C=O) groups excluding carboxylic acids is 1. The Kier molecular flexibility index (Phi) is 2.89. The van der Waals surface area contributed by atoms with Crippen molar-refractivity contribution in [3.05, 3.63) is 0 Å². The Balaban J connectivity index is 1.43. The summed E-state index contributed by atoms with van der Waals surface area (Å²) in [5.74, 6) is 3.78. The molecule has 0 aliphatic heterocycles. The van der Waals surface area contributed by atoms with Crippen LogP contribution in [0.3, 0.4) is 0 Å². The standard InChI is InChI=1S/C14H23NO2/c1-2-10(16)5-6-15-14(17)13-11-8-3-4-9(7-8)12(11)13/h8-13,16H,2-7H2,1H3,(H,15,17). The number of hydrogen-bond acceptors (Lipinski definition) is 2. The predicted octanol–water partition coefficient (Wildman–Crippen LogP) is 1.56. The van der Waals surface area contributed by atoms with Crippen molar-refractivity contribution in [3.8, 4) is 0 Å². The molecule has 1 amide bonds. The van der Waals surface area contributed by atoms with Gasteiger partial charge in [-0.2, -0.15) is 0 Å². The van der Waals surface area contributed by atoms with Crippen molar-refractivity contribution in [2.45, 2.75) is 45.1 Å². The molecule has 2 N–H and O–H groups in total. The first-order valence-corrected chi connectivity index (χ1v) is 7.18. The first kappa shape index (κ1) is 11.5. The molecule has 0 radical (unpaired) electrons. The van der Waals surface area contributed by atoms with Gasteiger partial charge in [0, 0.05) is 12.5 Å². The lowest BCUT2D eigenvalue weighted by Gasteiger charge is -2.11. The molecule has 2 bridgehead atoms. The summed E-state index contributed by atoms with van der Waals surface area (Å²) in [5.41, 5.74) is 0. The molecule has 0 spiro atoms. The maximum absolute atomic E-state index is 12.0. The number of fused-ring (bicyclic) bond motifs is 5. The van der Waals surface area contributed by atoms with Crippen LogP contribution in [0.25, 0.3) is 0 Å². The van der Waals surface area contributed by atoms with Gasteiger partial charge < -0.3 is 10.4 Å². The highest BCUT2D eigenvalue weighted by Gasteiger charge is 2.67. The number of carbonyl (C=O) groups is 1. The summed E-state index contributed by atoms with van der Waals surface area (Å²) in [4.78, 5) is 12.0. The smallest absolute Gasteiger partial charge is 0.223 e. The van der Waals surface area contributed by atoms with E-state index in [1.165, 1.54) is 19.3 Å². The van der Waals surface area contributed by atoms with Gasteiger partial charge in [0.05, 0.1) is 6.10 Å². The van der Waals surface area contributed by atoms with Gasteiger partial charge in [0.25, 0.3) is 0 Å². The Morgan fingerprint density at radius 1 is 1.35 bits per heavy atom. The second-order valence-corrected chi connectivity index (χ2v) is 6.16. The second-order valence-electron chi connectivity index (χ2n) is 6.16. The van der Waals surface area contributed by atoms with Crippen molar-refractivity contribution in [1.82, 2.24) is 5.32 Å². The molecular weight excluding hydrogens is 214 g/mol. The van der Waals surface area contributed by atoms with Gasteiger partial charge in [0.2, 0.25) is 5.91 Å². The number of rotatable bonds is 5. The quantitative estimate of drug-likeness (QED) is 0.762. The van der Waals surface area contributed by atoms with Crippen LogP contribution in [0.2, 0.25) is 0 Å². The number of nitrogens with one attached hydrogen (secondary N) is 1. The third kappa shape index (κ3) is 1.88. The molecule has 3 rings (SSSR count). The SMILES string of the molecule is CCC(O)CCNC(=O)C1C2C3CCC(C3)C12. The fourth-order valence-electron chi connectivity index (χ4n) is 4.36. The Morgan fingerprint density at radius 2 is 2.00 bits per heavy atom. The molecule has 3 heteroatoms. The summed E-state index contributed by atoms with van der Waals surface area (Å²) in [6.07, 6.45) is 5.33. The first-order valence-electron chi connectivity index (χ1n) is 7.18. The molecule has 0 saturated heterocycles. The lowest BCUT2D eigenvalue weighted by molar-refractivity contribution is -0.123. The lowest BCUT2D eigenvalue weighted by Crippen LogP contribution is -2.30. The molecule has 0 aromatic heterocycles. The Hall–Kier alpha value is -0.570. The van der Waals surface area contributed by atoms with Crippen LogP contribution < -0.4 is 5.32 Å². The van der Waals surface area contributed by atoms with Crippen molar-refractivity contribution in [3.63, 3.8) is 0 Å². The third-order valence-electron chi connectivity index (χ3n) is 5.29. The monoisotopic (exact) mass is 237 g/mol. The minimum atomic E-state index is -0.259. The van der Waals surface area contributed by atoms with Crippen LogP contribution in [0.15, 0.2) is 0 Å². The molecule has 0 aromatic carbocycles. The fraction of sp³-hybridized carbons (Fsp3) is 0.929. The highest BCUT2D eigenvalue weighted by molar-refractivity contribution is 5.82. The van der Waals surface area contributed by atoms with Crippen LogP contribution in [-0.2, 0) is 4.79 Å². The van der Waals surface area contributed by atoms with E-state index in [2.05, 4.69) is 5.32 Å². The molecule has 17 heavy (non-hydrogen) atoms. The Labute approximate surface area is 103 Å². The topological polar surface area (TPSA) is 49.3 Å².